The molecule has 0 spiro atoms. The Balaban J connectivity index is 1.41. The monoisotopic (exact) mass is 1020 g/mol. The van der Waals surface area contributed by atoms with Gasteiger partial charge in [-0.15, -0.1) is 0 Å². The summed E-state index contributed by atoms with van der Waals surface area (Å²) in [5, 5.41) is 20.9. The van der Waals surface area contributed by atoms with Gasteiger partial charge in [0.15, 0.2) is 12.3 Å². The number of allylic oxidation sites excluding steroid dienone is 5. The van der Waals surface area contributed by atoms with Crippen LogP contribution in [0.4, 0.5) is 5.82 Å². The fourth-order valence-electron chi connectivity index (χ4n) is 7.58. The van der Waals surface area contributed by atoms with Crippen molar-refractivity contribution in [2.45, 2.75) is 205 Å². The number of anilines is 1. The number of aliphatic hydroxyl groups is 2. The zero-order valence-corrected chi connectivity index (χ0v) is 42.8. The Morgan fingerprint density at radius 2 is 1.39 bits per heavy atom. The molecule has 3 heterocycles. The minimum atomic E-state index is -5.43. The van der Waals surface area contributed by atoms with Gasteiger partial charge in [0, 0.05) is 19.0 Å². The smallest absolute Gasteiger partial charge is 0.462 e. The SMILES string of the molecule is CCCCCC1OC1C/C=C\C/C=C\C/C=C\CCCC(=O)OC[C@H](COP(=O)(O)OP(=O)(O)OC[C@H]1O[C@@H](n2ccc(N)nc2=O)[C@H](O)[C@@H]1O)OC(=O)CCCCCCCCCCCCC(C)C. The van der Waals surface area contributed by atoms with E-state index in [1.807, 2.05) is 12.2 Å². The Labute approximate surface area is 408 Å². The molecule has 0 aliphatic carbocycles. The van der Waals surface area contributed by atoms with Crippen LogP contribution in [0.15, 0.2) is 53.5 Å². The van der Waals surface area contributed by atoms with E-state index in [0.717, 1.165) is 68.0 Å². The highest BCUT2D eigenvalue weighted by Crippen LogP contribution is 2.60. The summed E-state index contributed by atoms with van der Waals surface area (Å²) in [6.45, 7) is 4.34. The van der Waals surface area contributed by atoms with Gasteiger partial charge in [-0.25, -0.2) is 13.9 Å². The minimum Gasteiger partial charge on any atom is -0.462 e. The van der Waals surface area contributed by atoms with E-state index in [9.17, 15) is 43.5 Å². The summed E-state index contributed by atoms with van der Waals surface area (Å²) in [5.41, 5.74) is 4.58. The van der Waals surface area contributed by atoms with Crippen molar-refractivity contribution in [1.82, 2.24) is 9.55 Å². The average Bonchev–Trinajstić information content (AvgIpc) is 3.98. The molecule has 21 heteroatoms. The zero-order chi connectivity index (χ0) is 50.5. The van der Waals surface area contributed by atoms with Crippen LogP contribution < -0.4 is 11.4 Å². The lowest BCUT2D eigenvalue weighted by molar-refractivity contribution is -0.161. The summed E-state index contributed by atoms with van der Waals surface area (Å²) in [6, 6.07) is 1.24. The number of hydrogen-bond donors (Lipinski definition) is 5. The standard InChI is InChI=1S/C48H81N3O16P2/c1-4-5-22-28-39-40(65-39)29-24-19-15-11-7-9-12-16-20-25-30-43(52)61-34-38(64-44(53)31-26-21-17-13-8-6-10-14-18-23-27-37(2)3)35-62-68(57,58)67-69(59,60)63-36-41-45(54)46(55)47(66-41)51-33-32-42(49)50-48(51)56/h7,11-12,16,19,24,32-33,37-41,45-47,54-55H,4-6,8-10,13-15,17-18,20-23,25-31,34-36H2,1-3H3,(H,57,58)(H,59,60)(H2,49,50,56)/b11-7-,16-12-,24-19-/t38-,39?,40?,41-,45-,46-,47-/m1/s1. The highest BCUT2D eigenvalue weighted by molar-refractivity contribution is 7.61. The van der Waals surface area contributed by atoms with E-state index in [0.29, 0.717) is 31.5 Å². The maximum atomic E-state index is 12.8. The van der Waals surface area contributed by atoms with Gasteiger partial charge in [-0.1, -0.05) is 141 Å². The highest BCUT2D eigenvalue weighted by Gasteiger charge is 2.46. The molecule has 0 bridgehead atoms. The molecule has 3 rings (SSSR count). The van der Waals surface area contributed by atoms with Crippen LogP contribution in [0.25, 0.3) is 0 Å². The summed E-state index contributed by atoms with van der Waals surface area (Å²) < 4.78 is 62.4. The predicted molar refractivity (Wildman–Crippen MR) is 260 cm³/mol. The number of aliphatic hydroxyl groups excluding tert-OH is 2. The quantitative estimate of drug-likeness (QED) is 0.0135. The van der Waals surface area contributed by atoms with Crippen molar-refractivity contribution in [3.8, 4) is 0 Å². The second-order valence-electron chi connectivity index (χ2n) is 18.2. The molecule has 394 valence electrons. The molecular formula is C48H81N3O16P2. The van der Waals surface area contributed by atoms with Crippen LogP contribution in [0.1, 0.15) is 168 Å². The number of esters is 2. The molecule has 0 radical (unpaired) electrons. The summed E-state index contributed by atoms with van der Waals surface area (Å²) in [4.78, 5) is 61.8. The van der Waals surface area contributed by atoms with Crippen LogP contribution in [0.2, 0.25) is 0 Å². The molecule has 2 aliphatic rings. The van der Waals surface area contributed by atoms with E-state index in [1.165, 1.54) is 63.9 Å². The van der Waals surface area contributed by atoms with Crippen LogP contribution in [0, 0.1) is 5.92 Å². The molecular weight excluding hydrogens is 936 g/mol. The number of phosphoric ester groups is 2. The predicted octanol–water partition coefficient (Wildman–Crippen LogP) is 8.84. The molecule has 0 aromatic carbocycles. The Hall–Kier alpha value is -3.06. The normalized spacial score (nSPS) is 22.7. The topological polar surface area (TPSA) is 278 Å². The molecule has 69 heavy (non-hydrogen) atoms. The summed E-state index contributed by atoms with van der Waals surface area (Å²) in [5.74, 6) is -0.625. The maximum absolute atomic E-state index is 12.8. The molecule has 19 nitrogen and oxygen atoms in total. The second kappa shape index (κ2) is 33.6. The van der Waals surface area contributed by atoms with Crippen LogP contribution in [0.3, 0.4) is 0 Å². The van der Waals surface area contributed by atoms with Crippen LogP contribution in [0.5, 0.6) is 0 Å². The summed E-state index contributed by atoms with van der Waals surface area (Å²) >= 11 is 0. The maximum Gasteiger partial charge on any atom is 0.481 e. The van der Waals surface area contributed by atoms with E-state index in [1.54, 1.807) is 0 Å². The third kappa shape index (κ3) is 26.8. The van der Waals surface area contributed by atoms with Gasteiger partial charge >= 0.3 is 33.3 Å². The lowest BCUT2D eigenvalue weighted by Gasteiger charge is -2.21. The molecule has 0 amide bonds. The lowest BCUT2D eigenvalue weighted by Crippen LogP contribution is -2.36. The minimum absolute atomic E-state index is 0.0368. The number of carbonyl (C=O) groups excluding carboxylic acids is 2. The van der Waals surface area contributed by atoms with Gasteiger partial charge in [0.05, 0.1) is 25.4 Å². The van der Waals surface area contributed by atoms with Gasteiger partial charge < -0.3 is 44.7 Å². The van der Waals surface area contributed by atoms with E-state index >= 15 is 0 Å². The largest absolute Gasteiger partial charge is 0.481 e. The third-order valence-corrected chi connectivity index (χ3v) is 14.2. The molecule has 9 atom stereocenters. The van der Waals surface area contributed by atoms with Crippen molar-refractivity contribution in [3.05, 3.63) is 59.2 Å². The lowest BCUT2D eigenvalue weighted by atomic mass is 10.0. The van der Waals surface area contributed by atoms with Crippen molar-refractivity contribution >= 4 is 33.4 Å². The number of epoxide rings is 1. The third-order valence-electron chi connectivity index (χ3n) is 11.6. The second-order valence-corrected chi connectivity index (χ2v) is 21.2. The summed E-state index contributed by atoms with van der Waals surface area (Å²) in [6.07, 6.45) is 27.1. The van der Waals surface area contributed by atoms with Crippen LogP contribution in [-0.4, -0.2) is 97.9 Å². The van der Waals surface area contributed by atoms with Gasteiger partial charge in [-0.2, -0.15) is 9.29 Å². The number of aromatic nitrogens is 2. The Morgan fingerprint density at radius 1 is 0.768 bits per heavy atom. The van der Waals surface area contributed by atoms with Crippen LogP contribution in [-0.2, 0) is 51.0 Å². The number of phosphoric acid groups is 2. The number of ether oxygens (including phenoxy) is 4. The van der Waals surface area contributed by atoms with Gasteiger partial charge in [0.1, 0.15) is 30.7 Å². The Kier molecular flexibility index (Phi) is 29.3. The number of hydrogen-bond acceptors (Lipinski definition) is 16. The van der Waals surface area contributed by atoms with Gasteiger partial charge in [-0.05, 0) is 56.9 Å². The molecule has 1 aromatic rings. The highest BCUT2D eigenvalue weighted by atomic mass is 31.3. The van der Waals surface area contributed by atoms with Gasteiger partial charge in [0.2, 0.25) is 0 Å². The van der Waals surface area contributed by atoms with Gasteiger partial charge in [-0.3, -0.25) is 23.2 Å². The molecule has 2 fully saturated rings. The van der Waals surface area contributed by atoms with E-state index in [-0.39, 0.29) is 18.7 Å². The molecule has 1 aromatic heterocycles. The molecule has 6 N–H and O–H groups in total. The Bertz CT molecular complexity index is 1880. The van der Waals surface area contributed by atoms with Crippen molar-refractivity contribution in [1.29, 1.82) is 0 Å². The van der Waals surface area contributed by atoms with Crippen molar-refractivity contribution < 1.29 is 71.0 Å². The number of carbonyl (C=O) groups is 2. The van der Waals surface area contributed by atoms with E-state index in [2.05, 4.69) is 54.4 Å². The average molecular weight is 1020 g/mol. The molecule has 4 unspecified atom stereocenters. The van der Waals surface area contributed by atoms with Crippen molar-refractivity contribution in [2.75, 3.05) is 25.6 Å². The van der Waals surface area contributed by atoms with E-state index in [4.69, 9.17) is 33.7 Å². The zero-order valence-electron chi connectivity index (χ0n) is 41.0. The van der Waals surface area contributed by atoms with Crippen LogP contribution >= 0.6 is 15.6 Å². The van der Waals surface area contributed by atoms with Crippen molar-refractivity contribution in [3.63, 3.8) is 0 Å². The Morgan fingerprint density at radius 3 is 2.06 bits per heavy atom. The fourth-order valence-corrected chi connectivity index (χ4v) is 9.69. The fraction of sp³-hybridized carbons (Fsp3) is 0.750. The first-order valence-electron chi connectivity index (χ1n) is 25.0. The molecule has 2 aliphatic heterocycles. The first-order valence-corrected chi connectivity index (χ1v) is 28.0. The molecule has 2 saturated heterocycles. The summed E-state index contributed by atoms with van der Waals surface area (Å²) in [7, 11) is -10.9. The number of nitrogen functional groups attached to an aromatic ring is 1. The number of rotatable bonds is 39. The number of unbranched alkanes of at least 4 members (excludes halogenated alkanes) is 12. The van der Waals surface area contributed by atoms with Gasteiger partial charge in [0.25, 0.3) is 0 Å². The first-order chi connectivity index (χ1) is 33.0. The first kappa shape index (κ1) is 60.2. The number of nitrogens with two attached hydrogens (primary N) is 1. The molecule has 0 saturated carbocycles. The van der Waals surface area contributed by atoms with Crippen molar-refractivity contribution in [2.24, 2.45) is 5.92 Å². The van der Waals surface area contributed by atoms with E-state index < -0.39 is 83.7 Å². The number of nitrogens with zero attached hydrogens (tertiary/aromatic N) is 2.